The molecular weight excluding hydrogens is 697 g/mol. The predicted molar refractivity (Wildman–Crippen MR) is 207 cm³/mol. The van der Waals surface area contributed by atoms with Crippen molar-refractivity contribution in [3.8, 4) is 22.5 Å². The Labute approximate surface area is 315 Å². The summed E-state index contributed by atoms with van der Waals surface area (Å²) in [5.41, 5.74) is 4.47. The number of benzene rings is 4. The van der Waals surface area contributed by atoms with Crippen molar-refractivity contribution in [1.82, 2.24) is 20.0 Å². The lowest BCUT2D eigenvalue weighted by Gasteiger charge is -2.23. The van der Waals surface area contributed by atoms with Crippen molar-refractivity contribution in [2.24, 2.45) is 0 Å². The molecule has 3 aromatic heterocycles. The monoisotopic (exact) mass is 732 g/mol. The van der Waals surface area contributed by atoms with Crippen molar-refractivity contribution in [3.63, 3.8) is 0 Å². The maximum absolute atomic E-state index is 13.4. The molecule has 0 bridgehead atoms. The fourth-order valence-corrected chi connectivity index (χ4v) is 7.67. The Bertz CT molecular complexity index is 2390. The van der Waals surface area contributed by atoms with E-state index in [0.717, 1.165) is 56.9 Å². The highest BCUT2D eigenvalue weighted by Crippen LogP contribution is 2.30. The first kappa shape index (κ1) is 33.9. The van der Waals surface area contributed by atoms with Gasteiger partial charge in [0.2, 0.25) is 11.8 Å². The van der Waals surface area contributed by atoms with Gasteiger partial charge in [-0.15, -0.1) is 0 Å². The number of carbonyl (C=O) groups excluding carboxylic acids is 4. The number of aromatic nitrogens is 2. The third kappa shape index (κ3) is 6.41. The molecule has 274 valence electrons. The third-order valence-corrected chi connectivity index (χ3v) is 10.5. The van der Waals surface area contributed by atoms with E-state index in [-0.39, 0.29) is 35.1 Å². The molecule has 2 saturated heterocycles. The van der Waals surface area contributed by atoms with Crippen molar-refractivity contribution in [2.45, 2.75) is 37.8 Å². The number of hydrogen-bond acceptors (Lipinski definition) is 7. The van der Waals surface area contributed by atoms with Gasteiger partial charge < -0.3 is 29.3 Å². The number of anilines is 2. The standard InChI is InChI=1S/C43H36N6O6/c50-40(36-11-5-21-48(36)42(52)38-32-9-3-1-7-28(32)24-54-38)44-30-17-13-26(14-18-30)34-23-35(47-46-34)27-15-19-31(20-16-27)45-41(51)37-12-6-22-49(37)43(53)39-33-10-4-2-8-29(33)25-55-39/h1-4,7-10,13-20,23-25,36-37H,5-6,11-12,21-22H2,(H,44,50)(H,45,51)(H,46,47)/t36-,37-/m0/s1. The van der Waals surface area contributed by atoms with Gasteiger partial charge in [0.1, 0.15) is 12.1 Å². The van der Waals surface area contributed by atoms with Crippen LogP contribution < -0.4 is 10.6 Å². The number of nitrogens with zero attached hydrogens (tertiary/aromatic N) is 3. The zero-order chi connectivity index (χ0) is 37.5. The molecule has 2 atom stereocenters. The predicted octanol–water partition coefficient (Wildman–Crippen LogP) is 7.72. The summed E-state index contributed by atoms with van der Waals surface area (Å²) in [6, 6.07) is 30.5. The van der Waals surface area contributed by atoms with Gasteiger partial charge in [0.15, 0.2) is 11.5 Å². The number of aromatic amines is 1. The molecule has 9 rings (SSSR count). The number of nitrogens with one attached hydrogen (secondary N) is 3. The van der Waals surface area contributed by atoms with Crippen LogP contribution in [0, 0.1) is 0 Å². The van der Waals surface area contributed by atoms with Crippen LogP contribution in [0.25, 0.3) is 44.1 Å². The second-order valence-electron chi connectivity index (χ2n) is 13.9. The number of carbonyl (C=O) groups is 4. The summed E-state index contributed by atoms with van der Waals surface area (Å²) >= 11 is 0. The smallest absolute Gasteiger partial charge is 0.290 e. The normalized spacial score (nSPS) is 16.9. The highest BCUT2D eigenvalue weighted by Gasteiger charge is 2.37. The molecule has 55 heavy (non-hydrogen) atoms. The molecule has 3 N–H and O–H groups in total. The minimum absolute atomic E-state index is 0.241. The number of rotatable bonds is 8. The summed E-state index contributed by atoms with van der Waals surface area (Å²) < 4.78 is 11.3. The van der Waals surface area contributed by atoms with Crippen molar-refractivity contribution >= 4 is 56.5 Å². The van der Waals surface area contributed by atoms with E-state index in [1.165, 1.54) is 0 Å². The first-order chi connectivity index (χ1) is 26.9. The SMILES string of the molecule is O=C(Nc1ccc(-c2cc(-c3ccc(NC(=O)[C@@H]4CCCN4C(=O)c4occ5ccccc45)cc3)[nH]n2)cc1)[C@@H]1CCCN1C(=O)c1occ2ccccc12. The van der Waals surface area contributed by atoms with Crippen LogP contribution in [0.15, 0.2) is 124 Å². The lowest BCUT2D eigenvalue weighted by atomic mass is 10.1. The zero-order valence-electron chi connectivity index (χ0n) is 29.7. The van der Waals surface area contributed by atoms with Crippen molar-refractivity contribution in [2.75, 3.05) is 23.7 Å². The fraction of sp³-hybridized carbons (Fsp3) is 0.186. The van der Waals surface area contributed by atoms with Gasteiger partial charge in [0.05, 0.1) is 23.9 Å². The molecule has 12 heteroatoms. The molecule has 0 aliphatic carbocycles. The van der Waals surface area contributed by atoms with Crippen molar-refractivity contribution < 1.29 is 28.0 Å². The van der Waals surface area contributed by atoms with Crippen molar-refractivity contribution in [1.29, 1.82) is 0 Å². The summed E-state index contributed by atoms with van der Waals surface area (Å²) in [5.74, 6) is -0.550. The Morgan fingerprint density at radius 1 is 0.618 bits per heavy atom. The van der Waals surface area contributed by atoms with Crippen LogP contribution in [0.1, 0.15) is 46.8 Å². The number of fused-ring (bicyclic) bond motifs is 2. The molecule has 12 nitrogen and oxygen atoms in total. The second-order valence-corrected chi connectivity index (χ2v) is 13.9. The van der Waals surface area contributed by atoms with Crippen LogP contribution in [-0.4, -0.2) is 68.8 Å². The summed E-state index contributed by atoms with van der Waals surface area (Å²) in [7, 11) is 0. The van der Waals surface area contributed by atoms with Gasteiger partial charge in [-0.3, -0.25) is 24.3 Å². The molecular formula is C43H36N6O6. The average Bonchev–Trinajstić information content (AvgIpc) is 4.07. The first-order valence-corrected chi connectivity index (χ1v) is 18.3. The van der Waals surface area contributed by atoms with Crippen molar-refractivity contribution in [3.05, 3.63) is 127 Å². The second kappa shape index (κ2) is 14.1. The highest BCUT2D eigenvalue weighted by molar-refractivity contribution is 6.08. The first-order valence-electron chi connectivity index (χ1n) is 18.3. The van der Waals surface area contributed by atoms with Crippen LogP contribution in [0.3, 0.4) is 0 Å². The fourth-order valence-electron chi connectivity index (χ4n) is 7.67. The van der Waals surface area contributed by atoms with Crippen LogP contribution in [0.2, 0.25) is 0 Å². The topological polar surface area (TPSA) is 154 Å². The largest absolute Gasteiger partial charge is 0.458 e. The third-order valence-electron chi connectivity index (χ3n) is 10.5. The van der Waals surface area contributed by atoms with Crippen LogP contribution in [0.4, 0.5) is 11.4 Å². The van der Waals surface area contributed by atoms with Crippen LogP contribution in [-0.2, 0) is 9.59 Å². The van der Waals surface area contributed by atoms with E-state index in [9.17, 15) is 19.2 Å². The molecule has 5 heterocycles. The molecule has 7 aromatic rings. The molecule has 4 aromatic carbocycles. The summed E-state index contributed by atoms with van der Waals surface area (Å²) in [6.45, 7) is 0.965. The van der Waals surface area contributed by atoms with E-state index >= 15 is 0 Å². The Kier molecular flexibility index (Phi) is 8.69. The zero-order valence-corrected chi connectivity index (χ0v) is 29.7. The maximum atomic E-state index is 13.4. The van der Waals surface area contributed by atoms with Gasteiger partial charge in [0.25, 0.3) is 11.8 Å². The van der Waals surface area contributed by atoms with Gasteiger partial charge in [-0.05, 0) is 61.6 Å². The van der Waals surface area contributed by atoms with Gasteiger partial charge in [-0.1, -0.05) is 72.8 Å². The summed E-state index contributed by atoms with van der Waals surface area (Å²) in [4.78, 5) is 56.7. The molecule has 0 spiro atoms. The molecule has 4 amide bonds. The summed E-state index contributed by atoms with van der Waals surface area (Å²) in [6.07, 6.45) is 5.74. The number of likely N-dealkylation sites (tertiary alicyclic amines) is 2. The van der Waals surface area contributed by atoms with Gasteiger partial charge in [0, 0.05) is 51.6 Å². The van der Waals surface area contributed by atoms with E-state index in [2.05, 4.69) is 20.8 Å². The molecule has 0 unspecified atom stereocenters. The highest BCUT2D eigenvalue weighted by atomic mass is 16.3. The molecule has 2 fully saturated rings. The average molecular weight is 733 g/mol. The quantitative estimate of drug-likeness (QED) is 0.145. The Morgan fingerprint density at radius 2 is 1.09 bits per heavy atom. The molecule has 0 radical (unpaired) electrons. The van der Waals surface area contributed by atoms with Crippen LogP contribution >= 0.6 is 0 Å². The van der Waals surface area contributed by atoms with Gasteiger partial charge in [-0.25, -0.2) is 0 Å². The number of amides is 4. The Balaban J connectivity index is 0.814. The Hall–Kier alpha value is -6.95. The number of hydrogen-bond donors (Lipinski definition) is 3. The molecule has 0 saturated carbocycles. The summed E-state index contributed by atoms with van der Waals surface area (Å²) in [5, 5.41) is 16.7. The minimum atomic E-state index is -0.598. The van der Waals surface area contributed by atoms with E-state index in [0.29, 0.717) is 37.3 Å². The Morgan fingerprint density at radius 3 is 1.60 bits per heavy atom. The van der Waals surface area contributed by atoms with E-state index < -0.39 is 12.1 Å². The molecule has 2 aliphatic heterocycles. The minimum Gasteiger partial charge on any atom is -0.458 e. The van der Waals surface area contributed by atoms with E-state index in [1.54, 1.807) is 22.3 Å². The lowest BCUT2D eigenvalue weighted by Crippen LogP contribution is -2.43. The lowest BCUT2D eigenvalue weighted by molar-refractivity contribution is -0.120. The van der Waals surface area contributed by atoms with Gasteiger partial charge >= 0.3 is 0 Å². The number of H-pyrrole nitrogens is 1. The van der Waals surface area contributed by atoms with Crippen LogP contribution in [0.5, 0.6) is 0 Å². The van der Waals surface area contributed by atoms with Gasteiger partial charge in [-0.2, -0.15) is 5.10 Å². The molecule has 2 aliphatic rings. The number of furan rings is 2. The van der Waals surface area contributed by atoms with E-state index in [1.807, 2.05) is 103 Å². The van der Waals surface area contributed by atoms with E-state index in [4.69, 9.17) is 8.83 Å². The maximum Gasteiger partial charge on any atom is 0.290 e.